The smallest absolute Gasteiger partial charge is 0.122 e. The van der Waals surface area contributed by atoms with Crippen molar-refractivity contribution in [1.82, 2.24) is 9.97 Å². The molecule has 0 aliphatic rings. The van der Waals surface area contributed by atoms with Crippen molar-refractivity contribution in [2.75, 3.05) is 0 Å². The molecule has 207 valence electrons. The zero-order chi connectivity index (χ0) is 33.0. The van der Waals surface area contributed by atoms with Gasteiger partial charge in [0.1, 0.15) is 5.58 Å². The van der Waals surface area contributed by atoms with Gasteiger partial charge in [-0.25, -0.2) is 0 Å². The van der Waals surface area contributed by atoms with Gasteiger partial charge in [-0.05, 0) is 80.6 Å². The van der Waals surface area contributed by atoms with E-state index in [1.807, 2.05) is 30.5 Å². The molecule has 0 spiro atoms. The summed E-state index contributed by atoms with van der Waals surface area (Å²) < 4.78 is 53.8. The Kier molecular flexibility index (Phi) is 6.28. The predicted octanol–water partition coefficient (Wildman–Crippen LogP) is 10.1. The number of thiophene rings is 1. The summed E-state index contributed by atoms with van der Waals surface area (Å²) >= 11 is 1.69. The van der Waals surface area contributed by atoms with Gasteiger partial charge in [0.2, 0.25) is 0 Å². The number of aryl methyl sites for hydroxylation is 6. The molecule has 0 aliphatic heterocycles. The van der Waals surface area contributed by atoms with Gasteiger partial charge in [0.15, 0.2) is 0 Å². The second-order valence-electron chi connectivity index (χ2n) is 9.96. The molecule has 3 nitrogen and oxygen atoms in total. The number of fused-ring (bicyclic) bond motifs is 5. The quantitative estimate of drug-likeness (QED) is 0.166. The number of hydrogen-bond donors (Lipinski definition) is 0. The van der Waals surface area contributed by atoms with Gasteiger partial charge in [-0.1, -0.05) is 41.1 Å². The van der Waals surface area contributed by atoms with Gasteiger partial charge in [-0.2, -0.15) is 0 Å². The van der Waals surface area contributed by atoms with Crippen LogP contribution in [-0.4, -0.2) is 9.97 Å². The van der Waals surface area contributed by atoms with Gasteiger partial charge >= 0.3 is 0 Å². The minimum absolute atomic E-state index is 0. The summed E-state index contributed by atoms with van der Waals surface area (Å²) in [6, 6.07) is 25.6. The molecular formula is C36H30IrN2OS-2. The Hall–Kier alpha value is -3.63. The van der Waals surface area contributed by atoms with E-state index in [2.05, 4.69) is 74.1 Å². The van der Waals surface area contributed by atoms with Crippen molar-refractivity contribution >= 4 is 43.4 Å². The van der Waals surface area contributed by atoms with E-state index in [1.54, 1.807) is 17.4 Å². The van der Waals surface area contributed by atoms with E-state index in [0.717, 1.165) is 43.9 Å². The van der Waals surface area contributed by atoms with Crippen LogP contribution in [0.1, 0.15) is 40.9 Å². The fourth-order valence-electron chi connectivity index (χ4n) is 4.67. The molecule has 0 amide bonds. The van der Waals surface area contributed by atoms with Crippen LogP contribution in [-0.2, 0) is 20.1 Å². The maximum atomic E-state index is 7.82. The van der Waals surface area contributed by atoms with Crippen molar-refractivity contribution < 1.29 is 32.7 Å². The van der Waals surface area contributed by atoms with Gasteiger partial charge in [0.25, 0.3) is 0 Å². The van der Waals surface area contributed by atoms with E-state index in [9.17, 15) is 0 Å². The summed E-state index contributed by atoms with van der Waals surface area (Å²) in [5.41, 5.74) is 7.34. The summed E-state index contributed by atoms with van der Waals surface area (Å²) in [4.78, 5) is 9.88. The van der Waals surface area contributed by atoms with Crippen LogP contribution in [0.5, 0.6) is 0 Å². The van der Waals surface area contributed by atoms with Crippen LogP contribution in [0.3, 0.4) is 0 Å². The molecule has 0 aliphatic carbocycles. The summed E-state index contributed by atoms with van der Waals surface area (Å²) in [6.07, 6.45) is 3.04. The molecule has 0 saturated heterocycles. The maximum Gasteiger partial charge on any atom is 0.122 e. The van der Waals surface area contributed by atoms with Gasteiger partial charge in [0, 0.05) is 55.7 Å². The van der Waals surface area contributed by atoms with E-state index in [0.29, 0.717) is 16.8 Å². The molecular weight excluding hydrogens is 701 g/mol. The number of aromatic nitrogens is 2. The average molecular weight is 737 g/mol. The first-order valence-corrected chi connectivity index (χ1v) is 13.7. The van der Waals surface area contributed by atoms with Crippen LogP contribution in [0.25, 0.3) is 54.5 Å². The predicted molar refractivity (Wildman–Crippen MR) is 168 cm³/mol. The molecule has 0 unspecified atom stereocenters. The van der Waals surface area contributed by atoms with Crippen LogP contribution in [0.15, 0.2) is 77.5 Å². The molecule has 1 radical (unpaired) electrons. The maximum absolute atomic E-state index is 7.82. The second kappa shape index (κ2) is 11.7. The van der Waals surface area contributed by atoms with E-state index in [4.69, 9.17) is 12.6 Å². The zero-order valence-electron chi connectivity index (χ0n) is 29.0. The van der Waals surface area contributed by atoms with Crippen molar-refractivity contribution in [1.29, 1.82) is 0 Å². The number of nitrogens with zero attached hydrogens (tertiary/aromatic N) is 2. The van der Waals surface area contributed by atoms with Crippen molar-refractivity contribution in [2.24, 2.45) is 0 Å². The second-order valence-corrected chi connectivity index (χ2v) is 11.2. The molecule has 0 N–H and O–H groups in total. The molecule has 5 heteroatoms. The monoisotopic (exact) mass is 737 g/mol. The first kappa shape index (κ1) is 22.0. The Bertz CT molecular complexity index is 2230. The van der Waals surface area contributed by atoms with Gasteiger partial charge in [-0.15, -0.1) is 64.9 Å². The van der Waals surface area contributed by atoms with Crippen LogP contribution in [0.2, 0.25) is 0 Å². The number of benzene rings is 3. The molecule has 0 atom stereocenters. The van der Waals surface area contributed by atoms with E-state index in [-0.39, 0.29) is 31.2 Å². The Morgan fingerprint density at radius 3 is 2.34 bits per heavy atom. The fraction of sp³-hybridized carbons (Fsp3) is 0.167. The minimum Gasteiger partial charge on any atom is -0.501 e. The largest absolute Gasteiger partial charge is 0.501 e. The van der Waals surface area contributed by atoms with Crippen LogP contribution >= 0.6 is 11.3 Å². The van der Waals surface area contributed by atoms with E-state index in [1.165, 1.54) is 27.6 Å². The summed E-state index contributed by atoms with van der Waals surface area (Å²) in [5.74, 6) is 0. The number of hydrogen-bond acceptors (Lipinski definition) is 4. The molecule has 0 fully saturated rings. The molecule has 0 saturated carbocycles. The Morgan fingerprint density at radius 2 is 1.59 bits per heavy atom. The zero-order valence-corrected chi connectivity index (χ0v) is 26.2. The summed E-state index contributed by atoms with van der Waals surface area (Å²) in [7, 11) is 0. The summed E-state index contributed by atoms with van der Waals surface area (Å²) in [5, 5.41) is 3.02. The standard InChI is InChI=1S/C22H16NOS.C14H14N.Ir/c1-12-9-18(23-11-13(12)2)16-5-4-6-17-20-19(24-21(16)17)8-7-15-10-14(3)25-22(15)20;1-10-4-6-13(7-5-10)14-8-11(2)12(3)9-15-14;/h4,6-11H,1-3H3;4-6,8-9H,1-3H3;/q2*-1;/i1D3,2D3;;. The minimum atomic E-state index is -2.59. The van der Waals surface area contributed by atoms with Gasteiger partial charge in [-0.3, -0.25) is 0 Å². The van der Waals surface area contributed by atoms with Crippen LogP contribution < -0.4 is 0 Å². The third-order valence-electron chi connectivity index (χ3n) is 6.98. The van der Waals surface area contributed by atoms with Crippen LogP contribution in [0, 0.1) is 53.5 Å². The average Bonchev–Trinajstić information content (AvgIpc) is 3.57. The number of pyridine rings is 2. The summed E-state index contributed by atoms with van der Waals surface area (Å²) in [6.45, 7) is 3.13. The fourth-order valence-corrected chi connectivity index (χ4v) is 5.73. The Labute approximate surface area is 267 Å². The topological polar surface area (TPSA) is 38.9 Å². The number of rotatable bonds is 2. The van der Waals surface area contributed by atoms with E-state index >= 15 is 0 Å². The number of furan rings is 1. The Balaban J connectivity index is 0.000000228. The van der Waals surface area contributed by atoms with Crippen molar-refractivity contribution in [3.63, 3.8) is 0 Å². The third kappa shape index (κ3) is 5.63. The SMILES string of the molecule is Cc1c[c-]c(-c2cc(C)c(C)cn2)cc1.[2H]C([2H])([2H])c1cnc(-c2[c-]ccc3c2oc2ccc4cc(C)sc4c23)cc1C([2H])([2H])[2H].[Ir]. The van der Waals surface area contributed by atoms with Gasteiger partial charge in [0.05, 0.1) is 5.58 Å². The van der Waals surface area contributed by atoms with Crippen LogP contribution in [0.4, 0.5) is 0 Å². The van der Waals surface area contributed by atoms with E-state index < -0.39 is 13.7 Å². The molecule has 7 rings (SSSR count). The molecule has 7 aromatic rings. The Morgan fingerprint density at radius 1 is 0.805 bits per heavy atom. The van der Waals surface area contributed by atoms with Gasteiger partial charge < -0.3 is 14.4 Å². The third-order valence-corrected chi connectivity index (χ3v) is 8.06. The van der Waals surface area contributed by atoms with Crippen molar-refractivity contribution in [3.8, 4) is 22.5 Å². The normalized spacial score (nSPS) is 13.8. The first-order chi connectivity index (χ1) is 21.7. The molecule has 0 bridgehead atoms. The molecule has 41 heavy (non-hydrogen) atoms. The first-order valence-electron chi connectivity index (χ1n) is 15.9. The molecule has 4 heterocycles. The van der Waals surface area contributed by atoms with Crippen molar-refractivity contribution in [3.05, 3.63) is 118 Å². The van der Waals surface area contributed by atoms with Crippen molar-refractivity contribution in [2.45, 2.75) is 41.4 Å². The molecule has 4 aromatic heterocycles. The molecule has 3 aromatic carbocycles.